The summed E-state index contributed by atoms with van der Waals surface area (Å²) in [6, 6.07) is 1.70. The molecule has 2 aliphatic rings. The normalized spacial score (nSPS) is 30.7. The van der Waals surface area contributed by atoms with Crippen LogP contribution in [0.5, 0.6) is 0 Å². The van der Waals surface area contributed by atoms with Gasteiger partial charge in [-0.3, -0.25) is 9.78 Å². The van der Waals surface area contributed by atoms with Gasteiger partial charge >= 0.3 is 0 Å². The van der Waals surface area contributed by atoms with Crippen LogP contribution < -0.4 is 5.32 Å². The highest BCUT2D eigenvalue weighted by Crippen LogP contribution is 2.32. The fourth-order valence-electron chi connectivity index (χ4n) is 3.46. The van der Waals surface area contributed by atoms with E-state index in [4.69, 9.17) is 0 Å². The number of hydrogen-bond donors (Lipinski definition) is 1. The molecular weight excluding hydrogens is 243 g/mol. The molecule has 0 aromatic carbocycles. The molecule has 2 fully saturated rings. The monoisotopic (exact) mass is 262 g/mol. The van der Waals surface area contributed by atoms with Crippen molar-refractivity contribution in [3.05, 3.63) is 29.8 Å². The lowest BCUT2D eigenvalue weighted by Gasteiger charge is -2.40. The zero-order chi connectivity index (χ0) is 13.2. The van der Waals surface area contributed by atoms with Crippen LogP contribution in [0.2, 0.25) is 0 Å². The summed E-state index contributed by atoms with van der Waals surface area (Å²) in [5, 5.41) is 3.44. The zero-order valence-electron chi connectivity index (χ0n) is 10.9. The molecule has 1 saturated heterocycles. The average molecular weight is 262 g/mol. The van der Waals surface area contributed by atoms with Gasteiger partial charge in [-0.15, -0.1) is 0 Å². The number of fused-ring (bicyclic) bond motifs is 1. The van der Waals surface area contributed by atoms with Gasteiger partial charge < -0.3 is 5.32 Å². The van der Waals surface area contributed by atoms with Crippen molar-refractivity contribution in [3.8, 4) is 0 Å². The Labute approximate surface area is 112 Å². The fraction of sp³-hybridized carbons (Fsp3) is 0.600. The van der Waals surface area contributed by atoms with Gasteiger partial charge in [0.1, 0.15) is 0 Å². The first-order valence-corrected chi connectivity index (χ1v) is 7.15. The summed E-state index contributed by atoms with van der Waals surface area (Å²) < 4.78 is 13.6. The highest BCUT2D eigenvalue weighted by molar-refractivity contribution is 6.00. The van der Waals surface area contributed by atoms with Gasteiger partial charge in [0.15, 0.2) is 11.6 Å². The molecule has 1 saturated carbocycles. The lowest BCUT2D eigenvalue weighted by Crippen LogP contribution is -2.52. The molecule has 0 bridgehead atoms. The number of Topliss-reactive ketones (excluding diaryl/α,β-unsaturated/α-hetero) is 1. The number of piperidine rings is 1. The van der Waals surface area contributed by atoms with Crippen molar-refractivity contribution in [2.75, 3.05) is 0 Å². The second kappa shape index (κ2) is 5.37. The second-order valence-electron chi connectivity index (χ2n) is 5.67. The van der Waals surface area contributed by atoms with E-state index < -0.39 is 5.82 Å². The zero-order valence-corrected chi connectivity index (χ0v) is 10.9. The van der Waals surface area contributed by atoms with Crippen LogP contribution in [-0.4, -0.2) is 22.9 Å². The minimum absolute atomic E-state index is 0.121. The maximum absolute atomic E-state index is 13.6. The number of nitrogens with zero attached hydrogens (tertiary/aromatic N) is 1. The van der Waals surface area contributed by atoms with Crippen LogP contribution in [0.1, 0.15) is 48.9 Å². The van der Waals surface area contributed by atoms with E-state index in [-0.39, 0.29) is 17.4 Å². The third kappa shape index (κ3) is 2.54. The van der Waals surface area contributed by atoms with E-state index in [1.807, 2.05) is 0 Å². The topological polar surface area (TPSA) is 42.0 Å². The minimum atomic E-state index is -0.514. The quantitative estimate of drug-likeness (QED) is 0.833. The molecule has 1 N–H and O–H groups in total. The van der Waals surface area contributed by atoms with Crippen molar-refractivity contribution in [3.63, 3.8) is 0 Å². The van der Waals surface area contributed by atoms with Crippen molar-refractivity contribution in [1.82, 2.24) is 10.3 Å². The van der Waals surface area contributed by atoms with Crippen LogP contribution in [0.25, 0.3) is 0 Å². The number of pyridine rings is 1. The van der Waals surface area contributed by atoms with E-state index in [0.29, 0.717) is 12.0 Å². The van der Waals surface area contributed by atoms with E-state index in [9.17, 15) is 9.18 Å². The number of carbonyl (C=O) groups is 1. The van der Waals surface area contributed by atoms with Crippen LogP contribution in [0.4, 0.5) is 4.39 Å². The van der Waals surface area contributed by atoms with Crippen LogP contribution >= 0.6 is 0 Å². The average Bonchev–Trinajstić information content (AvgIpc) is 2.46. The van der Waals surface area contributed by atoms with E-state index in [1.54, 1.807) is 0 Å². The van der Waals surface area contributed by atoms with Gasteiger partial charge in [0.2, 0.25) is 0 Å². The predicted octanol–water partition coefficient (Wildman–Crippen LogP) is 2.71. The van der Waals surface area contributed by atoms with E-state index >= 15 is 0 Å². The van der Waals surface area contributed by atoms with E-state index in [1.165, 1.54) is 31.5 Å². The maximum atomic E-state index is 13.6. The van der Waals surface area contributed by atoms with Gasteiger partial charge in [-0.25, -0.2) is 4.39 Å². The first-order chi connectivity index (χ1) is 9.25. The Hall–Kier alpha value is -1.29. The molecule has 19 heavy (non-hydrogen) atoms. The number of rotatable bonds is 2. The third-order valence-electron chi connectivity index (χ3n) is 4.50. The SMILES string of the molecule is O=C(c1ccncc1F)C1CCC2CCCCC2N1. The van der Waals surface area contributed by atoms with Crippen molar-refractivity contribution in [1.29, 1.82) is 0 Å². The minimum Gasteiger partial charge on any atom is -0.304 e. The molecule has 0 spiro atoms. The molecule has 3 rings (SSSR count). The summed E-state index contributed by atoms with van der Waals surface area (Å²) in [5.41, 5.74) is 0.168. The first kappa shape index (κ1) is 12.7. The van der Waals surface area contributed by atoms with E-state index in [0.717, 1.165) is 25.5 Å². The number of hydrogen-bond acceptors (Lipinski definition) is 3. The Kier molecular flexibility index (Phi) is 3.60. The second-order valence-corrected chi connectivity index (χ2v) is 5.67. The highest BCUT2D eigenvalue weighted by atomic mass is 19.1. The lowest BCUT2D eigenvalue weighted by molar-refractivity contribution is 0.0857. The summed E-state index contributed by atoms with van der Waals surface area (Å²) in [5.74, 6) is 0.0732. The van der Waals surface area contributed by atoms with Crippen molar-refractivity contribution < 1.29 is 9.18 Å². The van der Waals surface area contributed by atoms with Gasteiger partial charge in [-0.2, -0.15) is 0 Å². The molecule has 3 nitrogen and oxygen atoms in total. The van der Waals surface area contributed by atoms with Crippen LogP contribution in [-0.2, 0) is 0 Å². The summed E-state index contributed by atoms with van der Waals surface area (Å²) in [7, 11) is 0. The third-order valence-corrected chi connectivity index (χ3v) is 4.50. The number of aromatic nitrogens is 1. The van der Waals surface area contributed by atoms with Crippen LogP contribution in [0.3, 0.4) is 0 Å². The molecule has 1 aromatic heterocycles. The molecule has 0 radical (unpaired) electrons. The Bertz CT molecular complexity index is 477. The molecule has 1 aliphatic heterocycles. The number of halogens is 1. The first-order valence-electron chi connectivity index (χ1n) is 7.15. The smallest absolute Gasteiger partial charge is 0.182 e. The number of ketones is 1. The molecule has 2 heterocycles. The Balaban J connectivity index is 1.73. The van der Waals surface area contributed by atoms with E-state index in [2.05, 4.69) is 10.3 Å². The number of nitrogens with one attached hydrogen (secondary N) is 1. The Morgan fingerprint density at radius 2 is 2.11 bits per heavy atom. The summed E-state index contributed by atoms with van der Waals surface area (Å²) in [6.07, 6.45) is 9.44. The van der Waals surface area contributed by atoms with Crippen molar-refractivity contribution >= 4 is 5.78 Å². The molecule has 3 atom stereocenters. The summed E-state index contributed by atoms with van der Waals surface area (Å²) >= 11 is 0. The van der Waals surface area contributed by atoms with Crippen molar-refractivity contribution in [2.24, 2.45) is 5.92 Å². The fourth-order valence-corrected chi connectivity index (χ4v) is 3.46. The predicted molar refractivity (Wildman–Crippen MR) is 70.4 cm³/mol. The molecular formula is C15H19FN2O. The standard InChI is InChI=1S/C15H19FN2O/c16-12-9-17-8-7-11(12)15(19)14-6-5-10-3-1-2-4-13(10)18-14/h7-10,13-14,18H,1-6H2. The lowest BCUT2D eigenvalue weighted by atomic mass is 9.77. The largest absolute Gasteiger partial charge is 0.304 e. The van der Waals surface area contributed by atoms with Gasteiger partial charge in [0.25, 0.3) is 0 Å². The highest BCUT2D eigenvalue weighted by Gasteiger charge is 2.35. The van der Waals surface area contributed by atoms with Gasteiger partial charge in [0.05, 0.1) is 17.8 Å². The van der Waals surface area contributed by atoms with Gasteiger partial charge in [-0.1, -0.05) is 12.8 Å². The van der Waals surface area contributed by atoms with Crippen LogP contribution in [0, 0.1) is 11.7 Å². The Morgan fingerprint density at radius 1 is 1.26 bits per heavy atom. The number of carbonyl (C=O) groups excluding carboxylic acids is 1. The van der Waals surface area contributed by atoms with Crippen molar-refractivity contribution in [2.45, 2.75) is 50.6 Å². The summed E-state index contributed by atoms with van der Waals surface area (Å²) in [4.78, 5) is 16.1. The van der Waals surface area contributed by atoms with Crippen LogP contribution in [0.15, 0.2) is 18.5 Å². The molecule has 1 aliphatic carbocycles. The molecule has 4 heteroatoms. The van der Waals surface area contributed by atoms with Gasteiger partial charge in [0, 0.05) is 12.2 Å². The molecule has 0 amide bonds. The Morgan fingerprint density at radius 3 is 2.95 bits per heavy atom. The molecule has 3 unspecified atom stereocenters. The molecule has 1 aromatic rings. The maximum Gasteiger partial charge on any atom is 0.182 e. The molecule has 102 valence electrons. The van der Waals surface area contributed by atoms with Gasteiger partial charge in [-0.05, 0) is 37.7 Å². The summed E-state index contributed by atoms with van der Waals surface area (Å²) in [6.45, 7) is 0.